The van der Waals surface area contributed by atoms with Crippen LogP contribution in [0.4, 0.5) is 0 Å². The van der Waals surface area contributed by atoms with Gasteiger partial charge in [-0.05, 0) is 6.08 Å². The molecule has 14 heavy (non-hydrogen) atoms. The molecule has 3 N–H and O–H groups in total. The summed E-state index contributed by atoms with van der Waals surface area (Å²) < 4.78 is 0. The first-order chi connectivity index (χ1) is 6.70. The van der Waals surface area contributed by atoms with E-state index in [9.17, 15) is 9.90 Å². The van der Waals surface area contributed by atoms with Gasteiger partial charge in [-0.3, -0.25) is 4.79 Å². The first-order valence-electron chi connectivity index (χ1n) is 5.48. The van der Waals surface area contributed by atoms with Crippen molar-refractivity contribution in [1.82, 2.24) is 0 Å². The highest BCUT2D eigenvalue weighted by molar-refractivity contribution is 5.96. The summed E-state index contributed by atoms with van der Waals surface area (Å²) in [5.41, 5.74) is 0.861. The molecule has 2 heterocycles. The largest absolute Gasteiger partial charge is 0.389 e. The second-order valence-corrected chi connectivity index (χ2v) is 4.34. The summed E-state index contributed by atoms with van der Waals surface area (Å²) in [6, 6.07) is 0.845. The van der Waals surface area contributed by atoms with Crippen molar-refractivity contribution in [3.63, 3.8) is 0 Å². The molecule has 2 aliphatic rings. The second kappa shape index (κ2) is 3.83. The first kappa shape index (κ1) is 9.87. The zero-order chi connectivity index (χ0) is 10.1. The Morgan fingerprint density at radius 2 is 2.43 bits per heavy atom. The van der Waals surface area contributed by atoms with Gasteiger partial charge in [-0.2, -0.15) is 0 Å². The maximum absolute atomic E-state index is 11.7. The molecule has 0 amide bonds. The smallest absolute Gasteiger partial charge is 0.164 e. The highest BCUT2D eigenvalue weighted by Gasteiger charge is 2.36. The SMILES string of the molecule is CCC(=O)C1=C[C@@H](O)C[C@@H]2CC[C@H]1[NH2+]2. The van der Waals surface area contributed by atoms with Crippen LogP contribution < -0.4 is 5.32 Å². The average molecular weight is 196 g/mol. The van der Waals surface area contributed by atoms with Crippen molar-refractivity contribution in [1.29, 1.82) is 0 Å². The van der Waals surface area contributed by atoms with Gasteiger partial charge < -0.3 is 10.4 Å². The molecule has 2 bridgehead atoms. The Labute approximate surface area is 84.2 Å². The quantitative estimate of drug-likeness (QED) is 0.640. The first-order valence-corrected chi connectivity index (χ1v) is 5.48. The van der Waals surface area contributed by atoms with E-state index in [-0.39, 0.29) is 5.78 Å². The Morgan fingerprint density at radius 1 is 1.64 bits per heavy atom. The zero-order valence-corrected chi connectivity index (χ0v) is 8.57. The number of aliphatic hydroxyl groups is 1. The van der Waals surface area contributed by atoms with Crippen molar-refractivity contribution in [3.05, 3.63) is 11.6 Å². The molecule has 0 radical (unpaired) electrons. The van der Waals surface area contributed by atoms with Gasteiger partial charge in [0.1, 0.15) is 6.04 Å². The Kier molecular flexibility index (Phi) is 2.70. The summed E-state index contributed by atoms with van der Waals surface area (Å²) in [7, 11) is 0. The molecule has 0 aromatic heterocycles. The van der Waals surface area contributed by atoms with E-state index in [0.29, 0.717) is 18.5 Å². The van der Waals surface area contributed by atoms with Crippen LogP contribution in [-0.2, 0) is 4.79 Å². The molecule has 3 heteroatoms. The van der Waals surface area contributed by atoms with Crippen LogP contribution in [-0.4, -0.2) is 29.1 Å². The number of carbonyl (C=O) groups excluding carboxylic acids is 1. The minimum atomic E-state index is -0.410. The summed E-state index contributed by atoms with van der Waals surface area (Å²) in [4.78, 5) is 11.7. The molecule has 0 aromatic carbocycles. The molecule has 0 saturated carbocycles. The van der Waals surface area contributed by atoms with Gasteiger partial charge in [-0.25, -0.2) is 0 Å². The molecule has 0 spiro atoms. The van der Waals surface area contributed by atoms with Crippen molar-refractivity contribution in [2.45, 2.75) is 50.8 Å². The lowest BCUT2D eigenvalue weighted by Gasteiger charge is -2.09. The van der Waals surface area contributed by atoms with Gasteiger partial charge in [0.05, 0.1) is 17.7 Å². The molecule has 3 nitrogen and oxygen atoms in total. The number of aliphatic hydroxyl groups excluding tert-OH is 1. The molecule has 78 valence electrons. The van der Waals surface area contributed by atoms with Crippen LogP contribution in [0.15, 0.2) is 11.6 Å². The number of hydrogen-bond donors (Lipinski definition) is 2. The molecule has 0 unspecified atom stereocenters. The van der Waals surface area contributed by atoms with Crippen molar-refractivity contribution in [2.24, 2.45) is 0 Å². The standard InChI is InChI=1S/C11H17NO2/c1-2-11(14)9-6-8(13)5-7-3-4-10(9)12-7/h6-8,10,12-13H,2-5H2,1H3/p+1/t7-,8-,10+/m0/s1. The van der Waals surface area contributed by atoms with Crippen LogP contribution in [0.2, 0.25) is 0 Å². The maximum Gasteiger partial charge on any atom is 0.164 e. The molecular formula is C11H18NO2+. The predicted octanol–water partition coefficient (Wildman–Crippen LogP) is -0.249. The number of hydrogen-bond acceptors (Lipinski definition) is 2. The normalized spacial score (nSPS) is 36.4. The topological polar surface area (TPSA) is 53.9 Å². The van der Waals surface area contributed by atoms with E-state index in [1.54, 1.807) is 6.08 Å². The second-order valence-electron chi connectivity index (χ2n) is 4.34. The summed E-state index contributed by atoms with van der Waals surface area (Å²) >= 11 is 0. The van der Waals surface area contributed by atoms with Gasteiger partial charge in [0.25, 0.3) is 0 Å². The average Bonchev–Trinajstić information content (AvgIpc) is 2.53. The molecule has 2 rings (SSSR count). The fraction of sp³-hybridized carbons (Fsp3) is 0.727. The summed E-state index contributed by atoms with van der Waals surface area (Å²) in [6.45, 7) is 1.88. The van der Waals surface area contributed by atoms with Crippen LogP contribution >= 0.6 is 0 Å². The van der Waals surface area contributed by atoms with Crippen LogP contribution in [0, 0.1) is 0 Å². The zero-order valence-electron chi connectivity index (χ0n) is 8.57. The predicted molar refractivity (Wildman–Crippen MR) is 52.7 cm³/mol. The molecule has 2 aliphatic heterocycles. The minimum absolute atomic E-state index is 0.202. The third-order valence-corrected chi connectivity index (χ3v) is 3.31. The van der Waals surface area contributed by atoms with Crippen molar-refractivity contribution < 1.29 is 15.2 Å². The summed E-state index contributed by atoms with van der Waals surface area (Å²) in [5.74, 6) is 0.202. The monoisotopic (exact) mass is 196 g/mol. The minimum Gasteiger partial charge on any atom is -0.389 e. The molecule has 0 aliphatic carbocycles. The van der Waals surface area contributed by atoms with Crippen LogP contribution in [0.5, 0.6) is 0 Å². The van der Waals surface area contributed by atoms with Crippen LogP contribution in [0.25, 0.3) is 0 Å². The van der Waals surface area contributed by atoms with Gasteiger partial charge in [0.2, 0.25) is 0 Å². The number of ketones is 1. The molecule has 0 aromatic rings. The van der Waals surface area contributed by atoms with E-state index >= 15 is 0 Å². The summed E-state index contributed by atoms with van der Waals surface area (Å²) in [6.07, 6.45) is 4.95. The van der Waals surface area contributed by atoms with Crippen LogP contribution in [0.3, 0.4) is 0 Å². The number of nitrogens with two attached hydrogens (primary N) is 1. The Morgan fingerprint density at radius 3 is 3.14 bits per heavy atom. The van der Waals surface area contributed by atoms with Gasteiger partial charge >= 0.3 is 0 Å². The molecule has 1 saturated heterocycles. The van der Waals surface area contributed by atoms with Crippen molar-refractivity contribution >= 4 is 5.78 Å². The molecule has 1 fully saturated rings. The van der Waals surface area contributed by atoms with Crippen LogP contribution in [0.1, 0.15) is 32.6 Å². The van der Waals surface area contributed by atoms with E-state index in [4.69, 9.17) is 0 Å². The Bertz CT molecular complexity index is 272. The van der Waals surface area contributed by atoms with Crippen molar-refractivity contribution in [2.75, 3.05) is 0 Å². The third-order valence-electron chi connectivity index (χ3n) is 3.31. The van der Waals surface area contributed by atoms with E-state index in [1.165, 1.54) is 0 Å². The van der Waals surface area contributed by atoms with E-state index in [1.807, 2.05) is 6.92 Å². The number of rotatable bonds is 2. The fourth-order valence-electron chi connectivity index (χ4n) is 2.58. The van der Waals surface area contributed by atoms with Gasteiger partial charge in [0.15, 0.2) is 5.78 Å². The van der Waals surface area contributed by atoms with Gasteiger partial charge in [-0.1, -0.05) is 6.92 Å². The number of carbonyl (C=O) groups is 1. The third kappa shape index (κ3) is 1.74. The Balaban J connectivity index is 2.22. The summed E-state index contributed by atoms with van der Waals surface area (Å²) in [5, 5.41) is 11.9. The maximum atomic E-state index is 11.7. The highest BCUT2D eigenvalue weighted by atomic mass is 16.3. The number of fused-ring (bicyclic) bond motifs is 2. The van der Waals surface area contributed by atoms with E-state index in [0.717, 1.165) is 24.8 Å². The Hall–Kier alpha value is -0.670. The molecule has 3 atom stereocenters. The van der Waals surface area contributed by atoms with Crippen molar-refractivity contribution in [3.8, 4) is 0 Å². The van der Waals surface area contributed by atoms with E-state index < -0.39 is 6.10 Å². The van der Waals surface area contributed by atoms with E-state index in [2.05, 4.69) is 5.32 Å². The number of Topliss-reactive ketones (excluding diaryl/α,β-unsaturated/α-hetero) is 1. The van der Waals surface area contributed by atoms with Gasteiger partial charge in [0, 0.05) is 25.7 Å². The molecular weight excluding hydrogens is 178 g/mol. The number of quaternary nitrogens is 1. The van der Waals surface area contributed by atoms with Gasteiger partial charge in [-0.15, -0.1) is 0 Å². The fourth-order valence-corrected chi connectivity index (χ4v) is 2.58. The lowest BCUT2D eigenvalue weighted by atomic mass is 9.95. The lowest BCUT2D eigenvalue weighted by molar-refractivity contribution is -0.693. The highest BCUT2D eigenvalue weighted by Crippen LogP contribution is 2.21. The lowest BCUT2D eigenvalue weighted by Crippen LogP contribution is -2.91.